The Bertz CT molecular complexity index is 839. The van der Waals surface area contributed by atoms with Crippen molar-refractivity contribution >= 4 is 5.91 Å². The molecule has 1 saturated heterocycles. The molecule has 0 bridgehead atoms. The number of pyridine rings is 1. The first-order valence-electron chi connectivity index (χ1n) is 8.43. The number of carbonyl (C=O) groups is 1. The number of halogens is 1. The molecule has 3 heterocycles. The number of aryl methyl sites for hydroxylation is 1. The normalized spacial score (nSPS) is 16.7. The summed E-state index contributed by atoms with van der Waals surface area (Å²) < 4.78 is 25.2. The van der Waals surface area contributed by atoms with Gasteiger partial charge in [-0.2, -0.15) is 4.98 Å². The number of hydrogen-bond donors (Lipinski definition) is 1. The van der Waals surface area contributed by atoms with Crippen LogP contribution >= 0.6 is 0 Å². The molecule has 0 saturated carbocycles. The van der Waals surface area contributed by atoms with Gasteiger partial charge >= 0.3 is 0 Å². The molecule has 9 heteroatoms. The van der Waals surface area contributed by atoms with Crippen molar-refractivity contribution in [3.05, 3.63) is 45.5 Å². The molecule has 0 aliphatic carbocycles. The van der Waals surface area contributed by atoms with Crippen LogP contribution in [0.1, 0.15) is 40.6 Å². The summed E-state index contributed by atoms with van der Waals surface area (Å²) in [4.78, 5) is 32.6. The fourth-order valence-corrected chi connectivity index (χ4v) is 2.92. The number of H-pyrrole nitrogens is 1. The Kier molecular flexibility index (Phi) is 5.17. The molecule has 1 aliphatic rings. The average molecular weight is 364 g/mol. The second-order valence-corrected chi connectivity index (χ2v) is 6.40. The SMILES string of the molecule is COCCc1noc(C2(F)CCN(C(=O)c3ccc(C)[nH]c3=O)CC2)n1. The maximum absolute atomic E-state index is 15.2. The van der Waals surface area contributed by atoms with Gasteiger partial charge in [0, 0.05) is 45.2 Å². The third-order valence-electron chi connectivity index (χ3n) is 4.51. The maximum atomic E-state index is 15.2. The highest BCUT2D eigenvalue weighted by molar-refractivity contribution is 5.93. The molecule has 140 valence electrons. The lowest BCUT2D eigenvalue weighted by Gasteiger charge is -2.34. The number of carbonyl (C=O) groups excluding carboxylic acids is 1. The quantitative estimate of drug-likeness (QED) is 0.859. The van der Waals surface area contributed by atoms with Crippen LogP contribution in [0.2, 0.25) is 0 Å². The van der Waals surface area contributed by atoms with Crippen molar-refractivity contribution in [1.82, 2.24) is 20.0 Å². The molecule has 1 fully saturated rings. The van der Waals surface area contributed by atoms with Crippen LogP contribution in [0.25, 0.3) is 0 Å². The zero-order valence-corrected chi connectivity index (χ0v) is 14.7. The third-order valence-corrected chi connectivity index (χ3v) is 4.51. The molecule has 0 aromatic carbocycles. The molecule has 8 nitrogen and oxygen atoms in total. The average Bonchev–Trinajstić information content (AvgIpc) is 3.10. The summed E-state index contributed by atoms with van der Waals surface area (Å²) >= 11 is 0. The van der Waals surface area contributed by atoms with Gasteiger partial charge in [0.1, 0.15) is 5.56 Å². The van der Waals surface area contributed by atoms with E-state index in [1.54, 1.807) is 20.1 Å². The summed E-state index contributed by atoms with van der Waals surface area (Å²) in [6, 6.07) is 3.16. The van der Waals surface area contributed by atoms with Crippen LogP contribution < -0.4 is 5.56 Å². The minimum Gasteiger partial charge on any atom is -0.384 e. The summed E-state index contributed by atoms with van der Waals surface area (Å²) in [5, 5.41) is 3.76. The predicted molar refractivity (Wildman–Crippen MR) is 89.6 cm³/mol. The highest BCUT2D eigenvalue weighted by Crippen LogP contribution is 2.36. The van der Waals surface area contributed by atoms with Gasteiger partial charge in [0.2, 0.25) is 0 Å². The number of hydrogen-bond acceptors (Lipinski definition) is 6. The monoisotopic (exact) mass is 364 g/mol. The van der Waals surface area contributed by atoms with Crippen LogP contribution in [0.4, 0.5) is 4.39 Å². The maximum Gasteiger partial charge on any atom is 0.264 e. The molecule has 1 amide bonds. The largest absolute Gasteiger partial charge is 0.384 e. The van der Waals surface area contributed by atoms with Crippen LogP contribution in [0, 0.1) is 6.92 Å². The summed E-state index contributed by atoms with van der Waals surface area (Å²) in [6.45, 7) is 2.49. The van der Waals surface area contributed by atoms with Crippen LogP contribution in [0.3, 0.4) is 0 Å². The Morgan fingerprint density at radius 3 is 2.81 bits per heavy atom. The number of nitrogens with zero attached hydrogens (tertiary/aromatic N) is 3. The number of nitrogens with one attached hydrogen (secondary N) is 1. The van der Waals surface area contributed by atoms with Crippen LogP contribution in [0.15, 0.2) is 21.5 Å². The number of likely N-dealkylation sites (tertiary alicyclic amines) is 1. The van der Waals surface area contributed by atoms with Crippen molar-refractivity contribution in [3.8, 4) is 0 Å². The van der Waals surface area contributed by atoms with E-state index in [1.165, 1.54) is 11.0 Å². The van der Waals surface area contributed by atoms with Crippen LogP contribution in [-0.4, -0.2) is 52.7 Å². The number of aromatic amines is 1. The Morgan fingerprint density at radius 2 is 2.15 bits per heavy atom. The highest BCUT2D eigenvalue weighted by atomic mass is 19.1. The Hall–Kier alpha value is -2.55. The molecular formula is C17H21FN4O4. The molecule has 1 N–H and O–H groups in total. The van der Waals surface area contributed by atoms with Crippen LogP contribution in [0.5, 0.6) is 0 Å². The fourth-order valence-electron chi connectivity index (χ4n) is 2.92. The number of alkyl halides is 1. The van der Waals surface area contributed by atoms with Gasteiger partial charge in [-0.05, 0) is 19.1 Å². The molecule has 0 spiro atoms. The summed E-state index contributed by atoms with van der Waals surface area (Å²) in [5.41, 5.74) is -1.48. The predicted octanol–water partition coefficient (Wildman–Crippen LogP) is 1.36. The zero-order valence-electron chi connectivity index (χ0n) is 14.7. The first-order valence-corrected chi connectivity index (χ1v) is 8.43. The second-order valence-electron chi connectivity index (χ2n) is 6.40. The van der Waals surface area contributed by atoms with Crippen molar-refractivity contribution in [2.45, 2.75) is 31.9 Å². The number of methoxy groups -OCH3 is 1. The lowest BCUT2D eigenvalue weighted by molar-refractivity contribution is 0.0248. The van der Waals surface area contributed by atoms with Crippen molar-refractivity contribution in [1.29, 1.82) is 0 Å². The Balaban J connectivity index is 1.67. The number of rotatable bonds is 5. The Morgan fingerprint density at radius 1 is 1.42 bits per heavy atom. The van der Waals surface area contributed by atoms with E-state index < -0.39 is 17.1 Å². The van der Waals surface area contributed by atoms with E-state index in [2.05, 4.69) is 15.1 Å². The smallest absolute Gasteiger partial charge is 0.264 e. The van der Waals surface area contributed by atoms with E-state index in [0.717, 1.165) is 0 Å². The highest BCUT2D eigenvalue weighted by Gasteiger charge is 2.42. The lowest BCUT2D eigenvalue weighted by atomic mass is 9.93. The van der Waals surface area contributed by atoms with Crippen molar-refractivity contribution in [3.63, 3.8) is 0 Å². The van der Waals surface area contributed by atoms with Gasteiger partial charge in [0.25, 0.3) is 17.4 Å². The van der Waals surface area contributed by atoms with E-state index in [-0.39, 0.29) is 37.4 Å². The van der Waals surface area contributed by atoms with Gasteiger partial charge in [0.15, 0.2) is 11.5 Å². The molecule has 0 radical (unpaired) electrons. The molecule has 1 aliphatic heterocycles. The molecule has 2 aromatic rings. The van der Waals surface area contributed by atoms with Crippen molar-refractivity contribution < 1.29 is 18.4 Å². The van der Waals surface area contributed by atoms with Gasteiger partial charge in [-0.15, -0.1) is 0 Å². The van der Waals surface area contributed by atoms with E-state index in [4.69, 9.17) is 9.26 Å². The number of ether oxygens (including phenoxy) is 1. The summed E-state index contributed by atoms with van der Waals surface area (Å²) in [5.74, 6) is -0.0768. The molecule has 3 rings (SSSR count). The minimum absolute atomic E-state index is 0.0361. The van der Waals surface area contributed by atoms with Gasteiger partial charge in [-0.1, -0.05) is 5.16 Å². The lowest BCUT2D eigenvalue weighted by Crippen LogP contribution is -2.44. The zero-order chi connectivity index (χ0) is 18.7. The fraction of sp³-hybridized carbons (Fsp3) is 0.529. The molecule has 26 heavy (non-hydrogen) atoms. The first kappa shape index (κ1) is 18.2. The van der Waals surface area contributed by atoms with Crippen molar-refractivity contribution in [2.75, 3.05) is 26.8 Å². The van der Waals surface area contributed by atoms with E-state index in [9.17, 15) is 9.59 Å². The van der Waals surface area contributed by atoms with Gasteiger partial charge in [-0.25, -0.2) is 4.39 Å². The first-order chi connectivity index (χ1) is 12.4. The van der Waals surface area contributed by atoms with Gasteiger partial charge in [0.05, 0.1) is 6.61 Å². The van der Waals surface area contributed by atoms with E-state index in [0.29, 0.717) is 24.5 Å². The molecular weight excluding hydrogens is 343 g/mol. The number of aromatic nitrogens is 3. The van der Waals surface area contributed by atoms with Crippen LogP contribution in [-0.2, 0) is 16.8 Å². The number of amides is 1. The molecule has 0 atom stereocenters. The second kappa shape index (κ2) is 7.36. The summed E-state index contributed by atoms with van der Waals surface area (Å²) in [6.07, 6.45) is 0.514. The van der Waals surface area contributed by atoms with Crippen molar-refractivity contribution in [2.24, 2.45) is 0 Å². The van der Waals surface area contributed by atoms with E-state index >= 15 is 4.39 Å². The standard InChI is InChI=1S/C17H21FN4O4/c1-11-3-4-12(14(23)19-11)15(24)22-8-6-17(18,7-9-22)16-20-13(21-26-16)5-10-25-2/h3-4H,5-10H2,1-2H3,(H,19,23). The number of piperidine rings is 1. The topological polar surface area (TPSA) is 101 Å². The molecule has 2 aromatic heterocycles. The minimum atomic E-state index is -1.77. The van der Waals surface area contributed by atoms with E-state index in [1.807, 2.05) is 0 Å². The Labute approximate surface area is 149 Å². The third kappa shape index (κ3) is 3.67. The van der Waals surface area contributed by atoms with Gasteiger partial charge < -0.3 is 19.1 Å². The molecule has 0 unspecified atom stereocenters. The summed E-state index contributed by atoms with van der Waals surface area (Å²) in [7, 11) is 1.56. The van der Waals surface area contributed by atoms with Gasteiger partial charge in [-0.3, -0.25) is 9.59 Å².